The van der Waals surface area contributed by atoms with E-state index in [1.807, 2.05) is 0 Å². The minimum atomic E-state index is -0.106. The Bertz CT molecular complexity index is 3700. The zero-order valence-corrected chi connectivity index (χ0v) is 55.5. The molecule has 0 saturated carbocycles. The van der Waals surface area contributed by atoms with Crippen LogP contribution in [0.3, 0.4) is 0 Å². The van der Waals surface area contributed by atoms with E-state index in [9.17, 15) is 10.5 Å². The van der Waals surface area contributed by atoms with Gasteiger partial charge in [0.15, 0.2) is 5.71 Å². The van der Waals surface area contributed by atoms with Crippen molar-refractivity contribution in [1.29, 1.82) is 10.5 Å². The van der Waals surface area contributed by atoms with Crippen LogP contribution in [-0.4, -0.2) is 47.5 Å². The van der Waals surface area contributed by atoms with E-state index < -0.39 is 0 Å². The topological polar surface area (TPSA) is 69.0 Å². The van der Waals surface area contributed by atoms with Crippen LogP contribution in [0, 0.1) is 49.7 Å². The van der Waals surface area contributed by atoms with E-state index in [1.165, 1.54) is 81.8 Å². The van der Waals surface area contributed by atoms with Crippen molar-refractivity contribution in [3.8, 4) is 12.1 Å². The molecule has 0 aromatic heterocycles. The maximum atomic E-state index is 9.61. The first-order valence-electron chi connectivity index (χ1n) is 32.9. The number of unbranched alkanes of at least 4 members (excludes halogenated alkanes) is 4. The van der Waals surface area contributed by atoms with Crippen LogP contribution in [0.4, 0.5) is 17.1 Å². The van der Waals surface area contributed by atoms with Gasteiger partial charge in [-0.05, 0) is 206 Å². The lowest BCUT2D eigenvalue weighted by atomic mass is 9.78. The Morgan fingerprint density at radius 2 is 1.03 bits per heavy atom. The highest BCUT2D eigenvalue weighted by Gasteiger charge is 2.38. The van der Waals surface area contributed by atoms with E-state index in [1.54, 1.807) is 12.2 Å². The molecule has 2 atom stereocenters. The highest BCUT2D eigenvalue weighted by molar-refractivity contribution is 6.03. The summed E-state index contributed by atoms with van der Waals surface area (Å²) in [6.07, 6.45) is 30.9. The molecule has 458 valence electrons. The smallest absolute Gasteiger partial charge is 0.262 e. The van der Waals surface area contributed by atoms with Gasteiger partial charge < -0.3 is 14.7 Å². The van der Waals surface area contributed by atoms with Gasteiger partial charge in [-0.2, -0.15) is 0 Å². The van der Waals surface area contributed by atoms with Crippen molar-refractivity contribution in [3.05, 3.63) is 241 Å². The van der Waals surface area contributed by atoms with Crippen molar-refractivity contribution < 1.29 is 4.58 Å². The lowest BCUT2D eigenvalue weighted by Crippen LogP contribution is -2.47. The molecule has 8 nitrogen and oxygen atoms in total. The molecule has 8 heteroatoms. The fourth-order valence-electron chi connectivity index (χ4n) is 13.4. The Balaban J connectivity index is 1.19. The normalized spacial score (nSPS) is 17.0. The van der Waals surface area contributed by atoms with Gasteiger partial charge in [-0.15, -0.1) is 0 Å². The molecule has 0 spiro atoms. The molecule has 2 aliphatic heterocycles. The van der Waals surface area contributed by atoms with Gasteiger partial charge >= 0.3 is 0 Å². The molecule has 0 saturated heterocycles. The van der Waals surface area contributed by atoms with Gasteiger partial charge in [0.2, 0.25) is 0 Å². The largest absolute Gasteiger partial charge is 0.372 e. The summed E-state index contributed by atoms with van der Waals surface area (Å²) in [6, 6.07) is 40.8. The van der Waals surface area contributed by atoms with Crippen LogP contribution < -0.4 is 14.7 Å². The summed E-state index contributed by atoms with van der Waals surface area (Å²) in [7, 11) is 0. The molecule has 5 aromatic rings. The Labute approximate surface area is 535 Å². The van der Waals surface area contributed by atoms with E-state index in [2.05, 4.69) is 264 Å². The molecule has 8 rings (SSSR count). The van der Waals surface area contributed by atoms with Crippen molar-refractivity contribution in [1.82, 2.24) is 0 Å². The second-order valence-electron chi connectivity index (χ2n) is 26.3. The van der Waals surface area contributed by atoms with Gasteiger partial charge in [0.1, 0.15) is 13.1 Å². The number of fused-ring (bicyclic) bond motifs is 2. The van der Waals surface area contributed by atoms with E-state index >= 15 is 0 Å². The molecule has 0 N–H and O–H groups in total. The lowest BCUT2D eigenvalue weighted by molar-refractivity contribution is -0.527. The van der Waals surface area contributed by atoms with Crippen molar-refractivity contribution in [3.63, 3.8) is 0 Å². The fourth-order valence-corrected chi connectivity index (χ4v) is 13.4. The SMILES string of the molecule is [C-]#[N+]C(C#N)=Cc1cc2c(cc1C)N(Cc1ccc(C(=CC=CC(=C3C=CC(=[N+](CCCC)CCCC)C=C3)c3ccc(CN4c5cc(C)c(C=C(C#N)[N+]#[C-])cc5C(C)CC4(C)C)cc3)c3ccc(N(CCCC)CCCC)cc3)cc1)C(C)(C)CC2C. The molecule has 0 fully saturated rings. The first-order chi connectivity index (χ1) is 42.9. The third-order valence-corrected chi connectivity index (χ3v) is 18.6. The second-order valence-corrected chi connectivity index (χ2v) is 26.3. The first kappa shape index (κ1) is 66.3. The zero-order chi connectivity index (χ0) is 63.8. The van der Waals surface area contributed by atoms with Crippen molar-refractivity contribution in [2.75, 3.05) is 40.9 Å². The molecule has 89 heavy (non-hydrogen) atoms. The number of nitriles is 2. The number of benzene rings is 5. The average molecular weight is 1180 g/mol. The van der Waals surface area contributed by atoms with Crippen LogP contribution in [0.1, 0.15) is 206 Å². The van der Waals surface area contributed by atoms with Crippen LogP contribution >= 0.6 is 0 Å². The predicted octanol–water partition coefficient (Wildman–Crippen LogP) is 20.5. The maximum Gasteiger partial charge on any atom is 0.262 e. The number of nitrogens with zero attached hydrogens (tertiary/aromatic N) is 8. The summed E-state index contributed by atoms with van der Waals surface area (Å²) in [4.78, 5) is 14.6. The Kier molecular flexibility index (Phi) is 22.7. The molecular weight excluding hydrogens is 1080 g/mol. The summed E-state index contributed by atoms with van der Waals surface area (Å²) in [5, 5.41) is 19.2. The molecule has 0 amide bonds. The standard InChI is InChI=1S/C81H95N8/c1-15-19-42-86(43-20-16-2)72-38-34-66(35-39-72)74(64-30-26-62(27-31-64)56-88-78-46-58(5)68(48-70(54-82)84-13)50-76(78)60(7)52-80(88,9)10)24-23-25-75(67-36-40-73(41-37-67)87(44-21-17-3)45-22-18-4)65-32-28-63(29-33-65)57-89-79-47-59(6)69(49-71(55-83)85-14)51-77(79)61(8)53-81(89,11)12/h23-41,46-51,60-61H,15-22,42-45,52-53,56-57H2,1-12H3/q+1. The van der Waals surface area contributed by atoms with E-state index in [0.29, 0.717) is 11.8 Å². The molecule has 2 heterocycles. The van der Waals surface area contributed by atoms with E-state index in [4.69, 9.17) is 13.1 Å². The summed E-state index contributed by atoms with van der Waals surface area (Å²) >= 11 is 0. The first-order valence-corrected chi connectivity index (χ1v) is 32.9. The van der Waals surface area contributed by atoms with Gasteiger partial charge in [-0.3, -0.25) is 0 Å². The highest BCUT2D eigenvalue weighted by atomic mass is 15.2. The summed E-state index contributed by atoms with van der Waals surface area (Å²) in [5.41, 5.74) is 20.8. The number of allylic oxidation sites excluding steroid dienone is 11. The summed E-state index contributed by atoms with van der Waals surface area (Å²) in [5.74, 6) is 0.635. The Morgan fingerprint density at radius 1 is 0.607 bits per heavy atom. The van der Waals surface area contributed by atoms with Gasteiger partial charge in [-0.1, -0.05) is 158 Å². The van der Waals surface area contributed by atoms with Crippen LogP contribution in [0.25, 0.3) is 33.0 Å². The minimum absolute atomic E-state index is 0.101. The summed E-state index contributed by atoms with van der Waals surface area (Å²) in [6.45, 7) is 48.0. The quantitative estimate of drug-likeness (QED) is 0.0266. The molecule has 1 aliphatic carbocycles. The van der Waals surface area contributed by atoms with Crippen molar-refractivity contribution in [2.45, 2.75) is 183 Å². The third-order valence-electron chi connectivity index (χ3n) is 18.6. The van der Waals surface area contributed by atoms with E-state index in [0.717, 1.165) is 122 Å². The molecule has 5 aromatic carbocycles. The van der Waals surface area contributed by atoms with Crippen LogP contribution in [0.5, 0.6) is 0 Å². The summed E-state index contributed by atoms with van der Waals surface area (Å²) < 4.78 is 2.56. The fraction of sp³-hybridized carbons (Fsp3) is 0.395. The number of hydrogen-bond donors (Lipinski definition) is 0. The molecular formula is C81H95N8+. The van der Waals surface area contributed by atoms with Crippen LogP contribution in [0.15, 0.2) is 157 Å². The van der Waals surface area contributed by atoms with Crippen molar-refractivity contribution in [2.24, 2.45) is 0 Å². The molecule has 2 unspecified atom stereocenters. The van der Waals surface area contributed by atoms with Crippen molar-refractivity contribution >= 4 is 46.1 Å². The van der Waals surface area contributed by atoms with Crippen LogP contribution in [0.2, 0.25) is 0 Å². The van der Waals surface area contributed by atoms with Gasteiger partial charge in [0, 0.05) is 79.3 Å². The molecule has 0 radical (unpaired) electrons. The monoisotopic (exact) mass is 1180 g/mol. The van der Waals surface area contributed by atoms with Gasteiger partial charge in [-0.25, -0.2) is 24.8 Å². The predicted molar refractivity (Wildman–Crippen MR) is 377 cm³/mol. The number of anilines is 3. The second kappa shape index (κ2) is 30.5. The van der Waals surface area contributed by atoms with Gasteiger partial charge in [0.25, 0.3) is 11.4 Å². The number of hydrogen-bond acceptors (Lipinski definition) is 5. The minimum Gasteiger partial charge on any atom is -0.372 e. The number of rotatable bonds is 24. The maximum absolute atomic E-state index is 9.61. The number of aryl methyl sites for hydroxylation is 2. The highest BCUT2D eigenvalue weighted by Crippen LogP contribution is 2.47. The lowest BCUT2D eigenvalue weighted by Gasteiger charge is -2.48. The van der Waals surface area contributed by atoms with E-state index in [-0.39, 0.29) is 22.5 Å². The molecule has 0 bridgehead atoms. The van der Waals surface area contributed by atoms with Crippen LogP contribution in [-0.2, 0) is 13.1 Å². The Morgan fingerprint density at radius 3 is 1.45 bits per heavy atom. The molecule has 3 aliphatic rings. The third kappa shape index (κ3) is 16.2. The zero-order valence-electron chi connectivity index (χ0n) is 55.5. The van der Waals surface area contributed by atoms with Gasteiger partial charge in [0.05, 0.1) is 25.3 Å². The average Bonchev–Trinajstić information content (AvgIpc) is 0.900. The Hall–Kier alpha value is -8.69.